The number of carbonyl (C=O) groups excluding carboxylic acids is 2. The Balaban J connectivity index is 1.35. The Bertz CT molecular complexity index is 1000. The lowest BCUT2D eigenvalue weighted by molar-refractivity contribution is -0.140. The molecule has 1 saturated carbocycles. The Labute approximate surface area is 221 Å². The molecule has 0 heterocycles. The number of hydrogen-bond acceptors (Lipinski definition) is 6. The van der Waals surface area contributed by atoms with Crippen LogP contribution in [0.15, 0.2) is 48.5 Å². The van der Waals surface area contributed by atoms with Crippen LogP contribution in [0, 0.1) is 11.8 Å². The van der Waals surface area contributed by atoms with E-state index >= 15 is 0 Å². The minimum atomic E-state index is -0.469. The number of nitrogen functional groups attached to an aromatic ring is 2. The molecule has 6 heteroatoms. The summed E-state index contributed by atoms with van der Waals surface area (Å²) in [7, 11) is 0. The number of unbranched alkanes of at least 4 members (excludes halogenated alkanes) is 5. The van der Waals surface area contributed by atoms with Crippen molar-refractivity contribution in [2.75, 3.05) is 11.5 Å². The van der Waals surface area contributed by atoms with Crippen LogP contribution in [-0.4, -0.2) is 11.9 Å². The summed E-state index contributed by atoms with van der Waals surface area (Å²) in [6, 6.07) is 12.2. The quantitative estimate of drug-likeness (QED) is 0.0989. The molecule has 1 aliphatic carbocycles. The Morgan fingerprint density at radius 2 is 1.54 bits per heavy atom. The monoisotopic (exact) mass is 506 g/mol. The molecular weight excluding hydrogens is 464 g/mol. The minimum Gasteiger partial charge on any atom is -0.458 e. The summed E-state index contributed by atoms with van der Waals surface area (Å²) in [5, 5.41) is 0. The highest BCUT2D eigenvalue weighted by atomic mass is 16.5. The second-order valence-corrected chi connectivity index (χ2v) is 10.2. The number of carbonyl (C=O) groups is 2. The molecule has 3 rings (SSSR count). The maximum Gasteiger partial charge on any atom is 0.331 e. The van der Waals surface area contributed by atoms with Crippen molar-refractivity contribution in [3.05, 3.63) is 59.7 Å². The van der Waals surface area contributed by atoms with Crippen molar-refractivity contribution in [1.29, 1.82) is 0 Å². The first-order valence-electron chi connectivity index (χ1n) is 13.7. The van der Waals surface area contributed by atoms with Crippen molar-refractivity contribution >= 4 is 29.4 Å². The van der Waals surface area contributed by atoms with E-state index in [0.29, 0.717) is 17.1 Å². The zero-order chi connectivity index (χ0) is 26.5. The van der Waals surface area contributed by atoms with Crippen LogP contribution in [0.25, 0.3) is 6.08 Å². The van der Waals surface area contributed by atoms with Gasteiger partial charge in [0.25, 0.3) is 0 Å². The summed E-state index contributed by atoms with van der Waals surface area (Å²) in [4.78, 5) is 24.7. The molecular formula is C31H42N2O4. The molecule has 2 aromatic carbocycles. The lowest BCUT2D eigenvalue weighted by Gasteiger charge is -2.27. The molecule has 37 heavy (non-hydrogen) atoms. The molecule has 200 valence electrons. The maximum absolute atomic E-state index is 12.7. The van der Waals surface area contributed by atoms with E-state index in [1.807, 2.05) is 12.1 Å². The van der Waals surface area contributed by atoms with Gasteiger partial charge >= 0.3 is 11.9 Å². The predicted octanol–water partition coefficient (Wildman–Crippen LogP) is 7.07. The van der Waals surface area contributed by atoms with Crippen LogP contribution < -0.4 is 16.2 Å². The zero-order valence-electron chi connectivity index (χ0n) is 22.1. The fourth-order valence-corrected chi connectivity index (χ4v) is 4.94. The Hall–Kier alpha value is -3.28. The van der Waals surface area contributed by atoms with Crippen molar-refractivity contribution in [3.8, 4) is 5.75 Å². The number of ether oxygens (including phenoxy) is 2. The van der Waals surface area contributed by atoms with Gasteiger partial charge in [0, 0.05) is 17.5 Å². The molecule has 0 atom stereocenters. The molecule has 0 aliphatic heterocycles. The SMILES string of the molecule is CCCCCCCCC1CCC(C(=O)Oc2ccc(C=CC(=O)OCc3cc(N)cc(N)c3)cc2)CC1. The average Bonchev–Trinajstić information content (AvgIpc) is 2.89. The molecule has 1 fully saturated rings. The first-order valence-corrected chi connectivity index (χ1v) is 13.7. The van der Waals surface area contributed by atoms with Gasteiger partial charge in [-0.3, -0.25) is 4.79 Å². The highest BCUT2D eigenvalue weighted by Gasteiger charge is 2.27. The number of hydrogen-bond donors (Lipinski definition) is 2. The van der Waals surface area contributed by atoms with E-state index in [1.54, 1.807) is 36.4 Å². The summed E-state index contributed by atoms with van der Waals surface area (Å²) in [5.74, 6) is 0.677. The summed E-state index contributed by atoms with van der Waals surface area (Å²) in [6.45, 7) is 2.34. The summed E-state index contributed by atoms with van der Waals surface area (Å²) in [6.07, 6.45) is 16.4. The number of anilines is 2. The topological polar surface area (TPSA) is 105 Å². The van der Waals surface area contributed by atoms with Gasteiger partial charge in [0.2, 0.25) is 0 Å². The van der Waals surface area contributed by atoms with E-state index in [1.165, 1.54) is 51.0 Å². The lowest BCUT2D eigenvalue weighted by Crippen LogP contribution is -2.25. The number of nitrogens with two attached hydrogens (primary N) is 2. The van der Waals surface area contributed by atoms with E-state index in [9.17, 15) is 9.59 Å². The summed E-state index contributed by atoms with van der Waals surface area (Å²) >= 11 is 0. The third-order valence-electron chi connectivity index (χ3n) is 7.07. The van der Waals surface area contributed by atoms with Gasteiger partial charge in [0.05, 0.1) is 5.92 Å². The molecule has 1 aliphatic rings. The van der Waals surface area contributed by atoms with Crippen LogP contribution in [-0.2, 0) is 20.9 Å². The molecule has 0 spiro atoms. The third kappa shape index (κ3) is 10.3. The smallest absolute Gasteiger partial charge is 0.331 e. The van der Waals surface area contributed by atoms with E-state index < -0.39 is 5.97 Å². The zero-order valence-corrected chi connectivity index (χ0v) is 22.1. The van der Waals surface area contributed by atoms with Crippen LogP contribution in [0.5, 0.6) is 5.75 Å². The first-order chi connectivity index (χ1) is 17.9. The van der Waals surface area contributed by atoms with E-state index in [0.717, 1.165) is 42.7 Å². The average molecular weight is 507 g/mol. The largest absolute Gasteiger partial charge is 0.458 e. The highest BCUT2D eigenvalue weighted by Crippen LogP contribution is 2.33. The van der Waals surface area contributed by atoms with E-state index in [4.69, 9.17) is 20.9 Å². The molecule has 0 saturated heterocycles. The minimum absolute atomic E-state index is 0.00883. The molecule has 4 N–H and O–H groups in total. The van der Waals surface area contributed by atoms with Gasteiger partial charge < -0.3 is 20.9 Å². The first kappa shape index (κ1) is 28.3. The molecule has 0 radical (unpaired) electrons. The molecule has 0 amide bonds. The Morgan fingerprint density at radius 3 is 2.22 bits per heavy atom. The van der Waals surface area contributed by atoms with Gasteiger partial charge in [0.1, 0.15) is 12.4 Å². The van der Waals surface area contributed by atoms with Crippen LogP contribution in [0.3, 0.4) is 0 Å². The van der Waals surface area contributed by atoms with E-state index in [-0.39, 0.29) is 18.5 Å². The Morgan fingerprint density at radius 1 is 0.892 bits per heavy atom. The van der Waals surface area contributed by atoms with Crippen LogP contribution in [0.1, 0.15) is 88.7 Å². The second kappa shape index (κ2) is 15.1. The van der Waals surface area contributed by atoms with Gasteiger partial charge in [-0.15, -0.1) is 0 Å². The molecule has 0 bridgehead atoms. The molecule has 0 unspecified atom stereocenters. The number of rotatable bonds is 13. The van der Waals surface area contributed by atoms with Crippen molar-refractivity contribution in [1.82, 2.24) is 0 Å². The fraction of sp³-hybridized carbons (Fsp3) is 0.484. The molecule has 0 aromatic heterocycles. The lowest BCUT2D eigenvalue weighted by atomic mass is 9.80. The summed E-state index contributed by atoms with van der Waals surface area (Å²) < 4.78 is 10.9. The van der Waals surface area contributed by atoms with Gasteiger partial charge in [-0.1, -0.05) is 64.0 Å². The van der Waals surface area contributed by atoms with Crippen molar-refractivity contribution in [3.63, 3.8) is 0 Å². The molecule has 2 aromatic rings. The van der Waals surface area contributed by atoms with Crippen molar-refractivity contribution < 1.29 is 19.1 Å². The van der Waals surface area contributed by atoms with Crippen LogP contribution >= 0.6 is 0 Å². The summed E-state index contributed by atoms with van der Waals surface area (Å²) in [5.41, 5.74) is 14.1. The maximum atomic E-state index is 12.7. The fourth-order valence-electron chi connectivity index (χ4n) is 4.94. The van der Waals surface area contributed by atoms with E-state index in [2.05, 4.69) is 6.92 Å². The normalized spacial score (nSPS) is 17.5. The standard InChI is InChI=1S/C31H42N2O4/c1-2-3-4-5-6-7-8-23-9-14-26(15-10-23)31(35)37-29-16-11-24(12-17-29)13-18-30(34)36-22-25-19-27(32)21-28(33)20-25/h11-13,16-21,23,26H,2-10,14-15,22,32-33H2,1H3. The van der Waals surface area contributed by atoms with Crippen LogP contribution in [0.4, 0.5) is 11.4 Å². The van der Waals surface area contributed by atoms with Crippen molar-refractivity contribution in [2.45, 2.75) is 84.2 Å². The number of benzene rings is 2. The predicted molar refractivity (Wildman–Crippen MR) is 150 cm³/mol. The van der Waals surface area contributed by atoms with Crippen molar-refractivity contribution in [2.24, 2.45) is 11.8 Å². The number of esters is 2. The van der Waals surface area contributed by atoms with Gasteiger partial charge in [-0.2, -0.15) is 0 Å². The third-order valence-corrected chi connectivity index (χ3v) is 7.07. The highest BCUT2D eigenvalue weighted by molar-refractivity contribution is 5.87. The van der Waals surface area contributed by atoms with Gasteiger partial charge in [-0.05, 0) is 79.1 Å². The van der Waals surface area contributed by atoms with Crippen LogP contribution in [0.2, 0.25) is 0 Å². The second-order valence-electron chi connectivity index (χ2n) is 10.2. The molecule has 6 nitrogen and oxygen atoms in total. The Kier molecular flexibility index (Phi) is 11.5. The van der Waals surface area contributed by atoms with Gasteiger partial charge in [-0.25, -0.2) is 4.79 Å². The van der Waals surface area contributed by atoms with Gasteiger partial charge in [0.15, 0.2) is 0 Å².